The zero-order chi connectivity index (χ0) is 20.9. The Kier molecular flexibility index (Phi) is 6.64. The Bertz CT molecular complexity index is 947. The molecule has 156 valence electrons. The molecule has 0 bridgehead atoms. The number of sulfonamides is 1. The molecular weight excluding hydrogens is 392 g/mol. The first-order valence-corrected chi connectivity index (χ1v) is 11.4. The van der Waals surface area contributed by atoms with Gasteiger partial charge in [-0.25, -0.2) is 8.42 Å². The molecule has 1 aliphatic heterocycles. The largest absolute Gasteiger partial charge is 0.454 e. The Hall–Kier alpha value is -2.74. The number of anilines is 1. The Morgan fingerprint density at radius 3 is 2.55 bits per heavy atom. The van der Waals surface area contributed by atoms with Crippen molar-refractivity contribution in [1.82, 2.24) is 5.32 Å². The fourth-order valence-corrected chi connectivity index (χ4v) is 4.04. The number of rotatable bonds is 9. The van der Waals surface area contributed by atoms with Crippen LogP contribution in [0, 0.1) is 5.92 Å². The van der Waals surface area contributed by atoms with Crippen molar-refractivity contribution >= 4 is 21.6 Å². The van der Waals surface area contributed by atoms with E-state index in [1.54, 1.807) is 18.2 Å². The maximum absolute atomic E-state index is 12.5. The van der Waals surface area contributed by atoms with E-state index in [1.807, 2.05) is 18.2 Å². The lowest BCUT2D eigenvalue weighted by molar-refractivity contribution is -0.119. The molecule has 29 heavy (non-hydrogen) atoms. The highest BCUT2D eigenvalue weighted by atomic mass is 32.2. The van der Waals surface area contributed by atoms with Gasteiger partial charge in [0.2, 0.25) is 22.7 Å². The van der Waals surface area contributed by atoms with Crippen LogP contribution < -0.4 is 19.1 Å². The molecule has 1 unspecified atom stereocenters. The number of benzene rings is 2. The molecule has 1 heterocycles. The summed E-state index contributed by atoms with van der Waals surface area (Å²) in [6.45, 7) is 2.37. The number of nitrogens with one attached hydrogen (secondary N) is 1. The topological polar surface area (TPSA) is 84.9 Å². The van der Waals surface area contributed by atoms with E-state index in [1.165, 1.54) is 5.56 Å². The average Bonchev–Trinajstić information content (AvgIpc) is 3.17. The van der Waals surface area contributed by atoms with Crippen LogP contribution in [0.4, 0.5) is 5.69 Å². The first kappa shape index (κ1) is 21.0. The molecule has 1 atom stereocenters. The van der Waals surface area contributed by atoms with Crippen LogP contribution in [-0.4, -0.2) is 40.5 Å². The Morgan fingerprint density at radius 2 is 1.86 bits per heavy atom. The summed E-state index contributed by atoms with van der Waals surface area (Å²) in [5.41, 5.74) is 1.58. The predicted molar refractivity (Wildman–Crippen MR) is 112 cm³/mol. The summed E-state index contributed by atoms with van der Waals surface area (Å²) in [6, 6.07) is 14.9. The van der Waals surface area contributed by atoms with Gasteiger partial charge in [0.15, 0.2) is 11.5 Å². The third kappa shape index (κ3) is 5.63. The highest BCUT2D eigenvalue weighted by Crippen LogP contribution is 2.36. The zero-order valence-electron chi connectivity index (χ0n) is 16.6. The summed E-state index contributed by atoms with van der Waals surface area (Å²) in [6.07, 6.45) is 2.85. The summed E-state index contributed by atoms with van der Waals surface area (Å²) in [5.74, 6) is 0.946. The molecule has 2 aromatic carbocycles. The normalized spacial score (nSPS) is 13.7. The van der Waals surface area contributed by atoms with Gasteiger partial charge in [-0.05, 0) is 30.0 Å². The summed E-state index contributed by atoms with van der Waals surface area (Å²) < 4.78 is 36.2. The zero-order valence-corrected chi connectivity index (χ0v) is 17.4. The molecule has 0 radical (unpaired) electrons. The first-order chi connectivity index (χ1) is 13.9. The molecule has 0 saturated heterocycles. The molecule has 0 fully saturated rings. The minimum atomic E-state index is -3.65. The van der Waals surface area contributed by atoms with Crippen LogP contribution in [0.2, 0.25) is 0 Å². The van der Waals surface area contributed by atoms with Gasteiger partial charge in [-0.15, -0.1) is 0 Å². The lowest BCUT2D eigenvalue weighted by Gasteiger charge is -2.23. The number of amides is 1. The third-order valence-electron chi connectivity index (χ3n) is 4.86. The van der Waals surface area contributed by atoms with Gasteiger partial charge in [0.25, 0.3) is 0 Å². The van der Waals surface area contributed by atoms with Crippen LogP contribution in [0.1, 0.15) is 18.9 Å². The van der Waals surface area contributed by atoms with E-state index in [0.29, 0.717) is 23.7 Å². The van der Waals surface area contributed by atoms with E-state index in [0.717, 1.165) is 23.4 Å². The van der Waals surface area contributed by atoms with Crippen molar-refractivity contribution in [1.29, 1.82) is 0 Å². The third-order valence-corrected chi connectivity index (χ3v) is 6.00. The fourth-order valence-electron chi connectivity index (χ4n) is 3.19. The van der Waals surface area contributed by atoms with Gasteiger partial charge in [0, 0.05) is 12.6 Å². The van der Waals surface area contributed by atoms with Crippen molar-refractivity contribution in [2.24, 2.45) is 5.92 Å². The smallest absolute Gasteiger partial charge is 0.240 e. The minimum Gasteiger partial charge on any atom is -0.454 e. The summed E-state index contributed by atoms with van der Waals surface area (Å²) >= 11 is 0. The minimum absolute atomic E-state index is 0.0952. The van der Waals surface area contributed by atoms with Crippen molar-refractivity contribution < 1.29 is 22.7 Å². The van der Waals surface area contributed by atoms with E-state index in [9.17, 15) is 13.2 Å². The van der Waals surface area contributed by atoms with Crippen molar-refractivity contribution in [3.8, 4) is 11.5 Å². The van der Waals surface area contributed by atoms with Gasteiger partial charge < -0.3 is 14.8 Å². The quantitative estimate of drug-likeness (QED) is 0.677. The number of ether oxygens (including phenoxy) is 2. The number of nitrogens with zero attached hydrogens (tertiary/aromatic N) is 1. The van der Waals surface area contributed by atoms with Crippen LogP contribution in [0.3, 0.4) is 0 Å². The molecular formula is C21H26N2O5S. The van der Waals surface area contributed by atoms with Crippen LogP contribution in [0.15, 0.2) is 48.5 Å². The van der Waals surface area contributed by atoms with Crippen LogP contribution >= 0.6 is 0 Å². The molecule has 8 heteroatoms. The second kappa shape index (κ2) is 9.17. The molecule has 1 aliphatic rings. The molecule has 0 aromatic heterocycles. The van der Waals surface area contributed by atoms with Crippen molar-refractivity contribution in [3.05, 3.63) is 54.1 Å². The Morgan fingerprint density at radius 1 is 1.14 bits per heavy atom. The maximum Gasteiger partial charge on any atom is 0.240 e. The van der Waals surface area contributed by atoms with E-state index >= 15 is 0 Å². The molecule has 1 amide bonds. The van der Waals surface area contributed by atoms with Crippen LogP contribution in [-0.2, 0) is 21.2 Å². The lowest BCUT2D eigenvalue weighted by Crippen LogP contribution is -2.41. The van der Waals surface area contributed by atoms with Gasteiger partial charge in [0.05, 0.1) is 11.9 Å². The van der Waals surface area contributed by atoms with Crippen molar-refractivity contribution in [2.45, 2.75) is 19.8 Å². The lowest BCUT2D eigenvalue weighted by atomic mass is 9.97. The van der Waals surface area contributed by atoms with Gasteiger partial charge in [0.1, 0.15) is 6.54 Å². The van der Waals surface area contributed by atoms with Gasteiger partial charge in [-0.3, -0.25) is 9.10 Å². The van der Waals surface area contributed by atoms with E-state index in [4.69, 9.17) is 9.47 Å². The monoisotopic (exact) mass is 418 g/mol. The second-order valence-electron chi connectivity index (χ2n) is 7.08. The standard InChI is InChI=1S/C21H26N2O5S/c1-3-16(11-17-7-5-4-6-8-17)13-22-21(24)14-23(29(2,25)26)18-9-10-19-20(12-18)28-15-27-19/h4-10,12,16H,3,11,13-15H2,1-2H3,(H,22,24). The SMILES string of the molecule is CCC(CNC(=O)CN(c1ccc2c(c1)OCO2)S(C)(=O)=O)Cc1ccccc1. The highest BCUT2D eigenvalue weighted by Gasteiger charge is 2.24. The van der Waals surface area contributed by atoms with E-state index in [2.05, 4.69) is 24.4 Å². The van der Waals surface area contributed by atoms with Gasteiger partial charge >= 0.3 is 0 Å². The predicted octanol–water partition coefficient (Wildman–Crippen LogP) is 2.57. The highest BCUT2D eigenvalue weighted by molar-refractivity contribution is 7.92. The van der Waals surface area contributed by atoms with Crippen molar-refractivity contribution in [3.63, 3.8) is 0 Å². The van der Waals surface area contributed by atoms with E-state index in [-0.39, 0.29) is 25.2 Å². The number of hydrogen-bond acceptors (Lipinski definition) is 5. The van der Waals surface area contributed by atoms with Gasteiger partial charge in [-0.2, -0.15) is 0 Å². The molecule has 0 spiro atoms. The maximum atomic E-state index is 12.5. The average molecular weight is 419 g/mol. The molecule has 1 N–H and O–H groups in total. The Balaban J connectivity index is 1.63. The molecule has 0 saturated carbocycles. The number of fused-ring (bicyclic) bond motifs is 1. The van der Waals surface area contributed by atoms with Crippen LogP contribution in [0.25, 0.3) is 0 Å². The number of hydrogen-bond donors (Lipinski definition) is 1. The van der Waals surface area contributed by atoms with Crippen molar-refractivity contribution in [2.75, 3.05) is 30.4 Å². The number of carbonyl (C=O) groups is 1. The summed E-state index contributed by atoms with van der Waals surface area (Å²) in [7, 11) is -3.65. The molecule has 3 rings (SSSR count). The van der Waals surface area contributed by atoms with Crippen LogP contribution in [0.5, 0.6) is 11.5 Å². The Labute approximate surface area is 171 Å². The molecule has 0 aliphatic carbocycles. The molecule has 2 aromatic rings. The fraction of sp³-hybridized carbons (Fsp3) is 0.381. The first-order valence-electron chi connectivity index (χ1n) is 9.54. The molecule has 7 nitrogen and oxygen atoms in total. The second-order valence-corrected chi connectivity index (χ2v) is 8.98. The van der Waals surface area contributed by atoms with E-state index < -0.39 is 10.0 Å². The summed E-state index contributed by atoms with van der Waals surface area (Å²) in [5, 5.41) is 2.88. The van der Waals surface area contributed by atoms with Gasteiger partial charge in [-0.1, -0.05) is 43.7 Å². The number of carbonyl (C=O) groups excluding carboxylic acids is 1. The summed E-state index contributed by atoms with van der Waals surface area (Å²) in [4.78, 5) is 12.5.